The predicted molar refractivity (Wildman–Crippen MR) is 76.4 cm³/mol. The van der Waals surface area contributed by atoms with Gasteiger partial charge in [0.15, 0.2) is 0 Å². The maximum atomic E-state index is 12.6. The Balaban J connectivity index is 1.94. The van der Waals surface area contributed by atoms with E-state index in [9.17, 15) is 18.0 Å². The van der Waals surface area contributed by atoms with Gasteiger partial charge in [0.25, 0.3) is 0 Å². The summed E-state index contributed by atoms with van der Waals surface area (Å²) in [5.41, 5.74) is 2.09. The van der Waals surface area contributed by atoms with Crippen LogP contribution in [0.2, 0.25) is 0 Å². The Bertz CT molecular complexity index is 743. The molecule has 0 atom stereocenters. The van der Waals surface area contributed by atoms with Crippen molar-refractivity contribution in [2.45, 2.75) is 6.18 Å². The van der Waals surface area contributed by atoms with E-state index in [4.69, 9.17) is 4.74 Å². The highest BCUT2D eigenvalue weighted by Gasteiger charge is 2.30. The van der Waals surface area contributed by atoms with Crippen molar-refractivity contribution in [1.82, 2.24) is 0 Å². The van der Waals surface area contributed by atoms with Gasteiger partial charge in [0, 0.05) is 11.1 Å². The Morgan fingerprint density at radius 3 is 2.32 bits per heavy atom. The Kier molecular flexibility index (Phi) is 3.48. The molecule has 0 bridgehead atoms. The first-order valence-corrected chi connectivity index (χ1v) is 6.57. The van der Waals surface area contributed by atoms with E-state index in [1.807, 2.05) is 0 Å². The van der Waals surface area contributed by atoms with Crippen molar-refractivity contribution in [3.8, 4) is 16.9 Å². The van der Waals surface area contributed by atoms with Crippen molar-refractivity contribution >= 4 is 12.4 Å². The third-order valence-corrected chi connectivity index (χ3v) is 3.45. The molecule has 2 aromatic carbocycles. The van der Waals surface area contributed by atoms with Gasteiger partial charge in [0.1, 0.15) is 18.6 Å². The molecule has 3 rings (SSSR count). The first-order chi connectivity index (χ1) is 10.5. The third-order valence-electron chi connectivity index (χ3n) is 3.45. The van der Waals surface area contributed by atoms with E-state index in [0.717, 1.165) is 29.5 Å². The van der Waals surface area contributed by atoms with Crippen molar-refractivity contribution < 1.29 is 22.7 Å². The number of hydrogen-bond donors (Lipinski definition) is 0. The normalized spacial score (nSPS) is 13.9. The predicted octanol–water partition coefficient (Wildman–Crippen LogP) is 4.35. The van der Waals surface area contributed by atoms with Crippen LogP contribution in [0.25, 0.3) is 17.2 Å². The Morgan fingerprint density at radius 2 is 1.68 bits per heavy atom. The van der Waals surface area contributed by atoms with E-state index in [1.165, 1.54) is 12.1 Å². The second-order valence-corrected chi connectivity index (χ2v) is 4.95. The molecule has 2 aromatic rings. The minimum Gasteiger partial charge on any atom is -0.488 e. The van der Waals surface area contributed by atoms with Gasteiger partial charge < -0.3 is 4.74 Å². The minimum absolute atomic E-state index is 0.201. The topological polar surface area (TPSA) is 26.3 Å². The van der Waals surface area contributed by atoms with Crippen molar-refractivity contribution in [2.75, 3.05) is 6.61 Å². The number of ether oxygens (including phenoxy) is 1. The first-order valence-electron chi connectivity index (χ1n) is 6.57. The average Bonchev–Trinajstić information content (AvgIpc) is 2.53. The number of alkyl halides is 3. The van der Waals surface area contributed by atoms with Crippen LogP contribution in [0.5, 0.6) is 5.75 Å². The summed E-state index contributed by atoms with van der Waals surface area (Å²) in [6, 6.07) is 10.3. The lowest BCUT2D eigenvalue weighted by molar-refractivity contribution is -0.137. The lowest BCUT2D eigenvalue weighted by atomic mass is 10.00. The molecule has 0 spiro atoms. The standard InChI is InChI=1S/C17H11F3O2/c18-17(19,20)15-5-3-12(4-6-15)13-1-2-14-7-11(9-21)10-22-16(14)8-13/h1-9H,10H2. The molecule has 0 saturated heterocycles. The Morgan fingerprint density at radius 1 is 1.00 bits per heavy atom. The van der Waals surface area contributed by atoms with E-state index in [0.29, 0.717) is 16.9 Å². The molecule has 0 aromatic heterocycles. The quantitative estimate of drug-likeness (QED) is 0.771. The highest BCUT2D eigenvalue weighted by molar-refractivity contribution is 5.85. The monoisotopic (exact) mass is 304 g/mol. The van der Waals surface area contributed by atoms with Gasteiger partial charge in [-0.2, -0.15) is 13.2 Å². The zero-order valence-corrected chi connectivity index (χ0v) is 11.4. The SMILES string of the molecule is O=CC1=Cc2ccc(-c3ccc(C(F)(F)F)cc3)cc2OC1. The molecular weight excluding hydrogens is 293 g/mol. The third kappa shape index (κ3) is 2.74. The zero-order valence-electron chi connectivity index (χ0n) is 11.4. The van der Waals surface area contributed by atoms with Gasteiger partial charge in [-0.05, 0) is 35.4 Å². The van der Waals surface area contributed by atoms with E-state index in [1.54, 1.807) is 24.3 Å². The van der Waals surface area contributed by atoms with Gasteiger partial charge in [-0.15, -0.1) is 0 Å². The largest absolute Gasteiger partial charge is 0.488 e. The van der Waals surface area contributed by atoms with Crippen molar-refractivity contribution in [3.05, 3.63) is 59.2 Å². The number of carbonyl (C=O) groups is 1. The minimum atomic E-state index is -4.34. The maximum absolute atomic E-state index is 12.6. The number of benzene rings is 2. The first kappa shape index (κ1) is 14.4. The van der Waals surface area contributed by atoms with E-state index >= 15 is 0 Å². The molecule has 1 aliphatic rings. The summed E-state index contributed by atoms with van der Waals surface area (Å²) in [5.74, 6) is 0.614. The molecule has 112 valence electrons. The molecule has 0 N–H and O–H groups in total. The maximum Gasteiger partial charge on any atom is 0.416 e. The summed E-state index contributed by atoms with van der Waals surface area (Å²) in [6.07, 6.45) is -1.86. The summed E-state index contributed by atoms with van der Waals surface area (Å²) in [5, 5.41) is 0. The summed E-state index contributed by atoms with van der Waals surface area (Å²) in [4.78, 5) is 10.7. The van der Waals surface area contributed by atoms with E-state index in [-0.39, 0.29) is 6.61 Å². The Hall–Kier alpha value is -2.56. The van der Waals surface area contributed by atoms with Crippen LogP contribution in [-0.2, 0) is 11.0 Å². The molecule has 0 saturated carbocycles. The van der Waals surface area contributed by atoms with Crippen molar-refractivity contribution in [1.29, 1.82) is 0 Å². The number of rotatable bonds is 2. The summed E-state index contributed by atoms with van der Waals surface area (Å²) in [6.45, 7) is 0.201. The second-order valence-electron chi connectivity index (χ2n) is 4.95. The average molecular weight is 304 g/mol. The molecule has 0 aliphatic carbocycles. The van der Waals surface area contributed by atoms with Gasteiger partial charge in [0.2, 0.25) is 0 Å². The number of halogens is 3. The lowest BCUT2D eigenvalue weighted by Crippen LogP contribution is -2.08. The number of hydrogen-bond acceptors (Lipinski definition) is 2. The molecule has 0 fully saturated rings. The molecular formula is C17H11F3O2. The summed E-state index contributed by atoms with van der Waals surface area (Å²) >= 11 is 0. The van der Waals surface area contributed by atoms with Crippen LogP contribution in [0.4, 0.5) is 13.2 Å². The second kappa shape index (κ2) is 5.33. The van der Waals surface area contributed by atoms with E-state index < -0.39 is 11.7 Å². The van der Waals surface area contributed by atoms with Crippen LogP contribution in [0, 0.1) is 0 Å². The highest BCUT2D eigenvalue weighted by Crippen LogP contribution is 2.34. The van der Waals surface area contributed by atoms with Crippen LogP contribution in [-0.4, -0.2) is 12.9 Å². The smallest absolute Gasteiger partial charge is 0.416 e. The molecule has 22 heavy (non-hydrogen) atoms. The van der Waals surface area contributed by atoms with E-state index in [2.05, 4.69) is 0 Å². The van der Waals surface area contributed by atoms with Crippen LogP contribution in [0.1, 0.15) is 11.1 Å². The van der Waals surface area contributed by atoms with Gasteiger partial charge in [-0.3, -0.25) is 4.79 Å². The number of carbonyl (C=O) groups excluding carboxylic acids is 1. The summed E-state index contributed by atoms with van der Waals surface area (Å²) < 4.78 is 43.2. The van der Waals surface area contributed by atoms with Crippen molar-refractivity contribution in [3.63, 3.8) is 0 Å². The number of aldehydes is 1. The van der Waals surface area contributed by atoms with Gasteiger partial charge in [-0.1, -0.05) is 24.3 Å². The molecule has 0 radical (unpaired) electrons. The van der Waals surface area contributed by atoms with Crippen LogP contribution in [0.3, 0.4) is 0 Å². The fraction of sp³-hybridized carbons (Fsp3) is 0.118. The van der Waals surface area contributed by atoms with Crippen LogP contribution in [0.15, 0.2) is 48.0 Å². The molecule has 2 nitrogen and oxygen atoms in total. The van der Waals surface area contributed by atoms with Crippen molar-refractivity contribution in [2.24, 2.45) is 0 Å². The van der Waals surface area contributed by atoms with Gasteiger partial charge in [0.05, 0.1) is 5.56 Å². The Labute approximate surface area is 124 Å². The molecule has 5 heteroatoms. The lowest BCUT2D eigenvalue weighted by Gasteiger charge is -2.16. The highest BCUT2D eigenvalue weighted by atomic mass is 19.4. The molecule has 1 aliphatic heterocycles. The van der Waals surface area contributed by atoms with Crippen LogP contribution < -0.4 is 4.74 Å². The fourth-order valence-electron chi connectivity index (χ4n) is 2.28. The van der Waals surface area contributed by atoms with Crippen LogP contribution >= 0.6 is 0 Å². The summed E-state index contributed by atoms with van der Waals surface area (Å²) in [7, 11) is 0. The fourth-order valence-corrected chi connectivity index (χ4v) is 2.28. The number of fused-ring (bicyclic) bond motifs is 1. The zero-order chi connectivity index (χ0) is 15.7. The van der Waals surface area contributed by atoms with Gasteiger partial charge in [-0.25, -0.2) is 0 Å². The molecule has 0 amide bonds. The molecule has 1 heterocycles. The van der Waals surface area contributed by atoms with Gasteiger partial charge >= 0.3 is 6.18 Å². The molecule has 0 unspecified atom stereocenters.